The number of nitrogens with two attached hydrogens (primary N) is 1. The van der Waals surface area contributed by atoms with E-state index in [9.17, 15) is 0 Å². The van der Waals surface area contributed by atoms with Gasteiger partial charge in [0.15, 0.2) is 5.96 Å². The minimum Gasteiger partial charge on any atom is -0.370 e. The Kier molecular flexibility index (Phi) is 7.59. The Balaban J connectivity index is 0. The van der Waals surface area contributed by atoms with Gasteiger partial charge < -0.3 is 11.1 Å². The largest absolute Gasteiger partial charge is 0.370 e. The van der Waals surface area contributed by atoms with Gasteiger partial charge in [-0.3, -0.25) is 5.41 Å². The molecule has 0 aliphatic carbocycles. The molecule has 4 N–H and O–H groups in total. The van der Waals surface area contributed by atoms with Gasteiger partial charge in [0.25, 0.3) is 0 Å². The van der Waals surface area contributed by atoms with Crippen molar-refractivity contribution in [2.75, 3.05) is 7.05 Å². The summed E-state index contributed by atoms with van der Waals surface area (Å²) in [6.45, 7) is 0. The third-order valence-corrected chi connectivity index (χ3v) is 0.269. The van der Waals surface area contributed by atoms with Gasteiger partial charge in [0.2, 0.25) is 0 Å². The van der Waals surface area contributed by atoms with E-state index in [4.69, 9.17) is 11.1 Å². The molecular formula is C2H7N3Zn. The first-order chi connectivity index (χ1) is 2.27. The molecule has 0 aliphatic rings. The number of guanidine groups is 1. The molecule has 0 amide bonds. The van der Waals surface area contributed by atoms with Crippen LogP contribution in [0.15, 0.2) is 0 Å². The molecule has 0 bridgehead atoms. The zero-order chi connectivity index (χ0) is 4.28. The van der Waals surface area contributed by atoms with Crippen LogP contribution < -0.4 is 11.1 Å². The third kappa shape index (κ3) is 9.09. The van der Waals surface area contributed by atoms with Crippen molar-refractivity contribution in [1.82, 2.24) is 5.32 Å². The number of hydrogen-bond acceptors (Lipinski definition) is 1. The van der Waals surface area contributed by atoms with Gasteiger partial charge in [-0.2, -0.15) is 0 Å². The smallest absolute Gasteiger partial charge is 0.185 e. The van der Waals surface area contributed by atoms with E-state index in [1.54, 1.807) is 7.05 Å². The van der Waals surface area contributed by atoms with Gasteiger partial charge in [0.05, 0.1) is 0 Å². The molecule has 0 aromatic rings. The summed E-state index contributed by atoms with van der Waals surface area (Å²) in [6, 6.07) is 0. The van der Waals surface area contributed by atoms with Gasteiger partial charge in [-0.25, -0.2) is 0 Å². The summed E-state index contributed by atoms with van der Waals surface area (Å²) in [7, 11) is 1.60. The Morgan fingerprint density at radius 2 is 2.00 bits per heavy atom. The summed E-state index contributed by atoms with van der Waals surface area (Å²) >= 11 is 0. The maximum atomic E-state index is 6.41. The van der Waals surface area contributed by atoms with E-state index in [1.165, 1.54) is 0 Å². The second-order valence-electron chi connectivity index (χ2n) is 0.664. The van der Waals surface area contributed by atoms with Gasteiger partial charge >= 0.3 is 0 Å². The van der Waals surface area contributed by atoms with Crippen LogP contribution in [-0.4, -0.2) is 13.0 Å². The monoisotopic (exact) mass is 137 g/mol. The van der Waals surface area contributed by atoms with Crippen molar-refractivity contribution in [3.63, 3.8) is 0 Å². The topological polar surface area (TPSA) is 61.9 Å². The van der Waals surface area contributed by atoms with Crippen LogP contribution in [0.2, 0.25) is 0 Å². The molecule has 32 valence electrons. The van der Waals surface area contributed by atoms with Gasteiger partial charge in [0, 0.05) is 26.5 Å². The van der Waals surface area contributed by atoms with E-state index in [0.717, 1.165) is 0 Å². The minimum absolute atomic E-state index is 0. The van der Waals surface area contributed by atoms with Crippen molar-refractivity contribution >= 4 is 5.96 Å². The van der Waals surface area contributed by atoms with Crippen LogP contribution in [0.25, 0.3) is 0 Å². The fourth-order valence-electron chi connectivity index (χ4n) is 0. The average Bonchev–Trinajstić information content (AvgIpc) is 1.38. The quantitative estimate of drug-likeness (QED) is 0.231. The Morgan fingerprint density at radius 3 is 2.00 bits per heavy atom. The first-order valence-electron chi connectivity index (χ1n) is 1.29. The zero-order valence-electron chi connectivity index (χ0n) is 3.78. The van der Waals surface area contributed by atoms with Gasteiger partial charge in [-0.05, 0) is 0 Å². The molecule has 0 aromatic carbocycles. The summed E-state index contributed by atoms with van der Waals surface area (Å²) in [5, 5.41) is 8.80. The molecule has 0 saturated carbocycles. The maximum Gasteiger partial charge on any atom is 0.185 e. The SMILES string of the molecule is CNC(=N)N.[Zn]. The standard InChI is InChI=1S/C2H7N3.Zn/c1-5-2(3)4;/h1H3,(H4,3,4,5);. The fourth-order valence-corrected chi connectivity index (χ4v) is 0. The summed E-state index contributed by atoms with van der Waals surface area (Å²) in [6.07, 6.45) is 0. The molecule has 0 aliphatic heterocycles. The van der Waals surface area contributed by atoms with Crippen LogP contribution in [0.1, 0.15) is 0 Å². The van der Waals surface area contributed by atoms with Crippen molar-refractivity contribution < 1.29 is 19.5 Å². The molecule has 0 atom stereocenters. The van der Waals surface area contributed by atoms with E-state index >= 15 is 0 Å². The molecule has 4 heteroatoms. The summed E-state index contributed by atoms with van der Waals surface area (Å²) < 4.78 is 0. The molecule has 0 aromatic heterocycles. The first-order valence-corrected chi connectivity index (χ1v) is 1.29. The van der Waals surface area contributed by atoms with Crippen LogP contribution in [0.3, 0.4) is 0 Å². The Labute approximate surface area is 49.6 Å². The van der Waals surface area contributed by atoms with Crippen molar-refractivity contribution in [1.29, 1.82) is 5.41 Å². The van der Waals surface area contributed by atoms with Crippen molar-refractivity contribution in [2.45, 2.75) is 0 Å². The Hall–Kier alpha value is -0.107. The molecular weight excluding hydrogens is 131 g/mol. The van der Waals surface area contributed by atoms with Gasteiger partial charge in [-0.1, -0.05) is 0 Å². The first kappa shape index (κ1) is 9.31. The average molecular weight is 138 g/mol. The second kappa shape index (κ2) is 4.89. The minimum atomic E-state index is 0. The Morgan fingerprint density at radius 1 is 1.83 bits per heavy atom. The summed E-state index contributed by atoms with van der Waals surface area (Å²) in [5.74, 6) is 0.00463. The zero-order valence-corrected chi connectivity index (χ0v) is 6.75. The van der Waals surface area contributed by atoms with E-state index in [-0.39, 0.29) is 25.4 Å². The molecule has 0 spiro atoms. The molecule has 3 nitrogen and oxygen atoms in total. The predicted molar refractivity (Wildman–Crippen MR) is 21.0 cm³/mol. The molecule has 0 heterocycles. The molecule has 0 saturated heterocycles. The Bertz CT molecular complexity index is 44.1. The second-order valence-corrected chi connectivity index (χ2v) is 0.664. The van der Waals surface area contributed by atoms with Crippen LogP contribution in [-0.2, 0) is 19.5 Å². The van der Waals surface area contributed by atoms with E-state index < -0.39 is 0 Å². The van der Waals surface area contributed by atoms with Gasteiger partial charge in [-0.15, -0.1) is 0 Å². The van der Waals surface area contributed by atoms with Crippen LogP contribution >= 0.6 is 0 Å². The van der Waals surface area contributed by atoms with Crippen molar-refractivity contribution in [3.8, 4) is 0 Å². The number of rotatable bonds is 0. The number of nitrogens with one attached hydrogen (secondary N) is 2. The molecule has 6 heavy (non-hydrogen) atoms. The predicted octanol–water partition coefficient (Wildman–Crippen LogP) is -0.903. The van der Waals surface area contributed by atoms with Crippen LogP contribution in [0, 0.1) is 5.41 Å². The van der Waals surface area contributed by atoms with Crippen LogP contribution in [0.5, 0.6) is 0 Å². The van der Waals surface area contributed by atoms with Crippen molar-refractivity contribution in [3.05, 3.63) is 0 Å². The van der Waals surface area contributed by atoms with Crippen molar-refractivity contribution in [2.24, 2.45) is 5.73 Å². The maximum absolute atomic E-state index is 6.41. The summed E-state index contributed by atoms with van der Waals surface area (Å²) in [5.41, 5.74) is 4.76. The fraction of sp³-hybridized carbons (Fsp3) is 0.500. The summed E-state index contributed by atoms with van der Waals surface area (Å²) in [4.78, 5) is 0. The number of hydrogen-bond donors (Lipinski definition) is 3. The van der Waals surface area contributed by atoms with E-state index in [2.05, 4.69) is 5.32 Å². The molecule has 0 fully saturated rings. The van der Waals surface area contributed by atoms with Crippen LogP contribution in [0.4, 0.5) is 0 Å². The molecule has 0 rings (SSSR count). The van der Waals surface area contributed by atoms with E-state index in [1.807, 2.05) is 0 Å². The normalized spacial score (nSPS) is 5.50. The van der Waals surface area contributed by atoms with E-state index in [0.29, 0.717) is 0 Å². The third-order valence-electron chi connectivity index (χ3n) is 0.269. The molecule has 0 unspecified atom stereocenters. The molecule has 0 radical (unpaired) electrons. The van der Waals surface area contributed by atoms with Gasteiger partial charge in [0.1, 0.15) is 0 Å².